The maximum atomic E-state index is 4.52. The van der Waals surface area contributed by atoms with Crippen molar-refractivity contribution in [3.63, 3.8) is 0 Å². The quantitative estimate of drug-likeness (QED) is 0.229. The molecule has 94 valence electrons. The normalized spacial score (nSPS) is 3.86. The number of nitrogens with two attached hydrogens (primary N) is 3. The maximum absolute atomic E-state index is 4.52. The van der Waals surface area contributed by atoms with Crippen LogP contribution in [0.25, 0.3) is 18.5 Å². The first-order chi connectivity index (χ1) is 2.91. The van der Waals surface area contributed by atoms with E-state index < -0.39 is 0 Å². The molecule has 0 spiro atoms. The van der Waals surface area contributed by atoms with Gasteiger partial charge in [0.05, 0.1) is 0 Å². The Hall–Kier alpha value is 3.08. The second-order valence-electron chi connectivity index (χ2n) is 0.272. The van der Waals surface area contributed by atoms with Crippen molar-refractivity contribution in [3.8, 4) is 0 Å². The first kappa shape index (κ1) is 67.6. The Balaban J connectivity index is -0.00000000446. The Morgan fingerprint density at radius 3 is 0.786 bits per heavy atom. The Kier molecular flexibility index (Phi) is 352. The third kappa shape index (κ3) is 80.9. The number of rotatable bonds is 3. The summed E-state index contributed by atoms with van der Waals surface area (Å²) in [6, 6.07) is 0. The summed E-state index contributed by atoms with van der Waals surface area (Å²) < 4.78 is 0. The molecule has 0 aliphatic heterocycles. The van der Waals surface area contributed by atoms with Crippen molar-refractivity contribution in [2.75, 3.05) is 0 Å². The number of hydrogen-bond acceptors (Lipinski definition) is 10. The molecule has 0 aromatic rings. The minimum Gasteiger partial charge on any atom is -0.706 e. The van der Waals surface area contributed by atoms with Crippen LogP contribution in [0.2, 0.25) is 0 Å². The first-order valence-corrected chi connectivity index (χ1v) is 7.50. The smallest absolute Gasteiger partial charge is 0.706 e. The molecular weight excluding hydrogens is 331 g/mol. The van der Waals surface area contributed by atoms with Gasteiger partial charge >= 0.3 is 37.7 Å². The molecule has 0 heterocycles. The van der Waals surface area contributed by atoms with Crippen molar-refractivity contribution in [2.45, 2.75) is 0 Å². The maximum Gasteiger partial charge on any atom is 2.00 e. The van der Waals surface area contributed by atoms with Crippen LogP contribution in [0.5, 0.6) is 0 Å². The molecule has 0 unspecified atom stereocenters. The minimum absolute atomic E-state index is 0. The Morgan fingerprint density at radius 1 is 0.571 bits per heavy atom. The zero-order chi connectivity index (χ0) is 4.83. The summed E-state index contributed by atoms with van der Waals surface area (Å²) >= 11 is 9.03. The molecule has 14 heteroatoms. The molecule has 14 heavy (non-hydrogen) atoms. The summed E-state index contributed by atoms with van der Waals surface area (Å²) in [4.78, 5) is 0. The first-order valence-electron chi connectivity index (χ1n) is 0.833. The van der Waals surface area contributed by atoms with Gasteiger partial charge in [0.15, 0.2) is 0 Å². The minimum atomic E-state index is 0. The molecule has 0 saturated carbocycles. The van der Waals surface area contributed by atoms with E-state index in [1.807, 2.05) is 0 Å². The Bertz CT molecular complexity index is 30.1. The van der Waals surface area contributed by atoms with Gasteiger partial charge in [-0.15, -0.1) is 0 Å². The van der Waals surface area contributed by atoms with Crippen molar-refractivity contribution < 1.29 is 0 Å². The van der Waals surface area contributed by atoms with E-state index in [9.17, 15) is 0 Å². The van der Waals surface area contributed by atoms with Crippen LogP contribution in [0.15, 0.2) is 0 Å². The predicted molar refractivity (Wildman–Crippen MR) is 86.8 cm³/mol. The van der Waals surface area contributed by atoms with E-state index in [4.69, 9.17) is 0 Å². The van der Waals surface area contributed by atoms with Crippen LogP contribution >= 0.6 is 39.3 Å². The summed E-state index contributed by atoms with van der Waals surface area (Å²) in [7, 11) is 5.63. The van der Waals surface area contributed by atoms with Gasteiger partial charge in [-0.1, -0.05) is 0 Å². The molecule has 0 aliphatic carbocycles. The molecule has 0 saturated heterocycles. The van der Waals surface area contributed by atoms with E-state index in [0.717, 1.165) is 0 Å². The van der Waals surface area contributed by atoms with Gasteiger partial charge in [0.25, 0.3) is 0 Å². The monoisotopic (exact) mass is 348 g/mol. The second-order valence-corrected chi connectivity index (χ2v) is 7.35. The van der Waals surface area contributed by atoms with Crippen LogP contribution in [0, 0.1) is 0 Å². The fourth-order valence-corrected chi connectivity index (χ4v) is 5.51. The summed E-state index contributed by atoms with van der Waals surface area (Å²) in [5, 5.41) is 0. The van der Waals surface area contributed by atoms with Crippen molar-refractivity contribution in [1.82, 2.24) is 24.6 Å². The predicted octanol–water partition coefficient (Wildman–Crippen LogP) is 5.01. The largest absolute Gasteiger partial charge is 2.00 e. The van der Waals surface area contributed by atoms with Crippen LogP contribution in [0.1, 0.15) is 0 Å². The average molecular weight is 349 g/mol. The number of hydrogen-bond donors (Lipinski definition) is 4. The zero-order valence-electron chi connectivity index (χ0n) is 7.72. The van der Waals surface area contributed by atoms with Crippen molar-refractivity contribution in [3.05, 3.63) is 18.5 Å². The van der Waals surface area contributed by atoms with Crippen molar-refractivity contribution >= 4 is 100 Å². The third-order valence-electron chi connectivity index (χ3n) is 0.0833. The van der Waals surface area contributed by atoms with Crippen LogP contribution in [0.4, 0.5) is 0 Å². The van der Waals surface area contributed by atoms with Gasteiger partial charge < -0.3 is 66.4 Å². The van der Waals surface area contributed by atoms with Gasteiger partial charge in [0.2, 0.25) is 0 Å². The van der Waals surface area contributed by atoms with Crippen molar-refractivity contribution in [2.24, 2.45) is 0 Å². The molecule has 0 rings (SSSR count). The second kappa shape index (κ2) is 73.0. The summed E-state index contributed by atoms with van der Waals surface area (Å²) in [5.41, 5.74) is 0. The molecule has 0 fully saturated rings. The summed E-state index contributed by atoms with van der Waals surface area (Å²) in [5.74, 6) is 0. The van der Waals surface area contributed by atoms with E-state index in [2.05, 4.69) is 23.3 Å². The van der Waals surface area contributed by atoms with Crippen LogP contribution in [-0.4, -0.2) is 37.7 Å². The molecule has 0 aliphatic rings. The fraction of sp³-hybridized carbons (Fsp3) is 0. The van der Waals surface area contributed by atoms with E-state index in [-0.39, 0.29) is 80.8 Å². The van der Waals surface area contributed by atoms with E-state index in [1.54, 1.807) is 0 Å². The molecule has 0 aromatic heterocycles. The molecule has 7 nitrogen and oxygen atoms in total. The van der Waals surface area contributed by atoms with Crippen molar-refractivity contribution in [1.29, 1.82) is 0 Å². The van der Waals surface area contributed by atoms with Crippen LogP contribution in [0.3, 0.4) is 0 Å². The summed E-state index contributed by atoms with van der Waals surface area (Å²) in [6.07, 6.45) is 0. The fourth-order valence-electron chi connectivity index (χ4n) is 0.0227. The van der Waals surface area contributed by atoms with Crippen LogP contribution in [-0.2, 0) is 23.3 Å². The molecule has 0 amide bonds. The van der Waals surface area contributed by atoms with Gasteiger partial charge in [-0.05, 0) is 19.7 Å². The zero-order valence-corrected chi connectivity index (χ0v) is 14.8. The average Bonchev–Trinajstić information content (AvgIpc) is 1.61. The third-order valence-corrected chi connectivity index (χ3v) is 6.75. The summed E-state index contributed by atoms with van der Waals surface area (Å²) in [6.45, 7) is 0. The molecular formula is H18CaN7S6-3. The van der Waals surface area contributed by atoms with Gasteiger partial charge in [0, 0.05) is 0 Å². The molecule has 0 atom stereocenters. The SMILES string of the molecule is N.N.N.N.[Ca+2].[NH2-].[NH2-].[NH2-].[S-]SSSS[S-]. The molecule has 18 N–H and O–H groups in total. The molecule has 0 aromatic carbocycles. The van der Waals surface area contributed by atoms with Gasteiger partial charge in [-0.2, -0.15) is 0 Å². The van der Waals surface area contributed by atoms with E-state index in [0.29, 0.717) is 0 Å². The Morgan fingerprint density at radius 2 is 0.714 bits per heavy atom. The van der Waals surface area contributed by atoms with Gasteiger partial charge in [0.1, 0.15) is 0 Å². The van der Waals surface area contributed by atoms with Crippen LogP contribution < -0.4 is 24.6 Å². The topological polar surface area (TPSA) is 240 Å². The Labute approximate surface area is 141 Å². The van der Waals surface area contributed by atoms with E-state index in [1.165, 1.54) is 39.3 Å². The molecule has 0 radical (unpaired) electrons. The van der Waals surface area contributed by atoms with Gasteiger partial charge in [-0.25, -0.2) is 0 Å². The van der Waals surface area contributed by atoms with Gasteiger partial charge in [-0.3, -0.25) is 19.7 Å². The standard InChI is InChI=1S/Ca.4H3N.3H2N.H2S6/c;;;;;;;;1-3-5-6-4-2/h;4*1H3;3*1H2;1-2H/q+2;;;;;3*-1;/p-2. The molecule has 0 bridgehead atoms. The van der Waals surface area contributed by atoms with E-state index >= 15 is 0 Å².